The average Bonchev–Trinajstić information content (AvgIpc) is 3.00. The van der Waals surface area contributed by atoms with E-state index in [1.807, 2.05) is 0 Å². The fraction of sp³-hybridized carbons (Fsp3) is 0.429. The third-order valence-corrected chi connectivity index (χ3v) is 3.72. The molecular formula is C14H16ClN3O3. The van der Waals surface area contributed by atoms with Gasteiger partial charge in [-0.2, -0.15) is 0 Å². The maximum atomic E-state index is 12.5. The predicted octanol–water partition coefficient (Wildman–Crippen LogP) is 2.01. The molecule has 21 heavy (non-hydrogen) atoms. The van der Waals surface area contributed by atoms with E-state index in [1.54, 1.807) is 35.9 Å². The fourth-order valence-electron chi connectivity index (χ4n) is 2.51. The third kappa shape index (κ3) is 2.69. The van der Waals surface area contributed by atoms with Crippen molar-refractivity contribution in [2.45, 2.75) is 19.6 Å². The minimum Gasteiger partial charge on any atom is -0.443 e. The molecule has 0 bridgehead atoms. The molecule has 0 saturated heterocycles. The fourth-order valence-corrected chi connectivity index (χ4v) is 2.76. The molecule has 0 fully saturated rings. The first-order valence-electron chi connectivity index (χ1n) is 6.66. The van der Waals surface area contributed by atoms with E-state index in [1.165, 1.54) is 0 Å². The highest BCUT2D eigenvalue weighted by molar-refractivity contribution is 6.31. The van der Waals surface area contributed by atoms with E-state index in [4.69, 9.17) is 20.8 Å². The second kappa shape index (κ2) is 5.54. The van der Waals surface area contributed by atoms with Gasteiger partial charge in [-0.05, 0) is 6.07 Å². The lowest BCUT2D eigenvalue weighted by Gasteiger charge is -2.25. The van der Waals surface area contributed by atoms with Crippen LogP contribution in [0.2, 0.25) is 5.02 Å². The monoisotopic (exact) mass is 309 g/mol. The molecule has 0 unspecified atom stereocenters. The number of carbonyl (C=O) groups excluding carboxylic acids is 1. The number of oxazole rings is 1. The molecule has 1 aliphatic rings. The second-order valence-electron chi connectivity index (χ2n) is 5.04. The Bertz CT molecular complexity index is 677. The lowest BCUT2D eigenvalue weighted by atomic mass is 10.1. The van der Waals surface area contributed by atoms with Gasteiger partial charge in [0.15, 0.2) is 0 Å². The Balaban J connectivity index is 1.79. The smallest absolute Gasteiger partial charge is 0.270 e. The van der Waals surface area contributed by atoms with Gasteiger partial charge in [0, 0.05) is 33.3 Å². The van der Waals surface area contributed by atoms with Gasteiger partial charge in [-0.3, -0.25) is 4.79 Å². The first-order chi connectivity index (χ1) is 10.1. The van der Waals surface area contributed by atoms with Crippen LogP contribution in [-0.4, -0.2) is 34.0 Å². The van der Waals surface area contributed by atoms with Crippen LogP contribution in [0.4, 0.5) is 0 Å². The molecule has 0 spiro atoms. The lowest BCUT2D eigenvalue weighted by molar-refractivity contribution is 0.0718. The number of halogens is 1. The summed E-state index contributed by atoms with van der Waals surface area (Å²) in [7, 11) is 3.40. The molecule has 0 aliphatic carbocycles. The maximum Gasteiger partial charge on any atom is 0.270 e. The summed E-state index contributed by atoms with van der Waals surface area (Å²) in [6.45, 7) is 1.40. The summed E-state index contributed by atoms with van der Waals surface area (Å²) in [4.78, 5) is 18.7. The number of fused-ring (bicyclic) bond motifs is 1. The lowest BCUT2D eigenvalue weighted by Crippen LogP contribution is -2.36. The van der Waals surface area contributed by atoms with Crippen LogP contribution in [-0.2, 0) is 31.4 Å². The number of amides is 1. The summed E-state index contributed by atoms with van der Waals surface area (Å²) in [5.74, 6) is 1.35. The summed E-state index contributed by atoms with van der Waals surface area (Å²) in [5, 5.41) is 0.558. The highest BCUT2D eigenvalue weighted by Gasteiger charge is 2.27. The number of carbonyl (C=O) groups is 1. The van der Waals surface area contributed by atoms with Gasteiger partial charge in [0.25, 0.3) is 5.91 Å². The van der Waals surface area contributed by atoms with E-state index >= 15 is 0 Å². The van der Waals surface area contributed by atoms with Crippen molar-refractivity contribution in [3.8, 4) is 0 Å². The number of rotatable bonds is 3. The van der Waals surface area contributed by atoms with Crippen molar-refractivity contribution < 1.29 is 13.9 Å². The van der Waals surface area contributed by atoms with Crippen molar-refractivity contribution in [1.29, 1.82) is 0 Å². The number of ether oxygens (including phenoxy) is 1. The number of aryl methyl sites for hydroxylation is 1. The van der Waals surface area contributed by atoms with Gasteiger partial charge < -0.3 is 18.6 Å². The Hall–Kier alpha value is -1.79. The van der Waals surface area contributed by atoms with Crippen LogP contribution in [0.3, 0.4) is 0 Å². The summed E-state index contributed by atoms with van der Waals surface area (Å²) < 4.78 is 12.4. The maximum absolute atomic E-state index is 12.5. The van der Waals surface area contributed by atoms with E-state index < -0.39 is 0 Å². The van der Waals surface area contributed by atoms with Gasteiger partial charge in [-0.25, -0.2) is 4.98 Å². The van der Waals surface area contributed by atoms with Crippen LogP contribution in [0, 0.1) is 0 Å². The van der Waals surface area contributed by atoms with Gasteiger partial charge in [-0.1, -0.05) is 11.6 Å². The van der Waals surface area contributed by atoms with Crippen molar-refractivity contribution >= 4 is 17.5 Å². The normalized spacial score (nSPS) is 14.3. The van der Waals surface area contributed by atoms with Crippen LogP contribution >= 0.6 is 11.6 Å². The highest BCUT2D eigenvalue weighted by Crippen LogP contribution is 2.22. The second-order valence-corrected chi connectivity index (χ2v) is 5.48. The summed E-state index contributed by atoms with van der Waals surface area (Å²) in [6, 6.07) is 1.68. The molecule has 7 heteroatoms. The van der Waals surface area contributed by atoms with Gasteiger partial charge in [0.05, 0.1) is 11.6 Å². The van der Waals surface area contributed by atoms with E-state index in [2.05, 4.69) is 4.98 Å². The Morgan fingerprint density at radius 1 is 1.57 bits per heavy atom. The molecule has 0 N–H and O–H groups in total. The number of hydrogen-bond donors (Lipinski definition) is 0. The quantitative estimate of drug-likeness (QED) is 0.870. The van der Waals surface area contributed by atoms with Crippen LogP contribution in [0.25, 0.3) is 0 Å². The first kappa shape index (κ1) is 14.2. The first-order valence-corrected chi connectivity index (χ1v) is 7.04. The van der Waals surface area contributed by atoms with E-state index in [-0.39, 0.29) is 5.91 Å². The third-order valence-electron chi connectivity index (χ3n) is 3.52. The molecule has 0 aromatic carbocycles. The molecule has 1 aliphatic heterocycles. The standard InChI is InChI=1S/C14H16ClN3O3/c1-17-6-9(15)5-11(17)14(19)18-4-3-12-10(7-18)16-13(21-12)8-20-2/h5-6H,3-4,7-8H2,1-2H3. The average molecular weight is 310 g/mol. The van der Waals surface area contributed by atoms with Crippen LogP contribution in [0.5, 0.6) is 0 Å². The molecule has 2 aromatic rings. The number of hydrogen-bond acceptors (Lipinski definition) is 4. The molecule has 0 saturated carbocycles. The minimum absolute atomic E-state index is 0.0497. The molecule has 3 rings (SSSR count). The molecule has 3 heterocycles. The van der Waals surface area contributed by atoms with Gasteiger partial charge in [-0.15, -0.1) is 0 Å². The van der Waals surface area contributed by atoms with Crippen molar-refractivity contribution in [3.63, 3.8) is 0 Å². The molecule has 0 radical (unpaired) electrons. The number of methoxy groups -OCH3 is 1. The molecule has 6 nitrogen and oxygen atoms in total. The van der Waals surface area contributed by atoms with Crippen molar-refractivity contribution in [3.05, 3.63) is 40.3 Å². The van der Waals surface area contributed by atoms with Crippen LogP contribution in [0.1, 0.15) is 27.8 Å². The van der Waals surface area contributed by atoms with Crippen LogP contribution < -0.4 is 0 Å². The van der Waals surface area contributed by atoms with Gasteiger partial charge in [0.1, 0.15) is 23.8 Å². The highest BCUT2D eigenvalue weighted by atomic mass is 35.5. The SMILES string of the molecule is COCc1nc2c(o1)CCN(C(=O)c1cc(Cl)cn1C)C2. The van der Waals surface area contributed by atoms with Crippen LogP contribution in [0.15, 0.2) is 16.7 Å². The van der Waals surface area contributed by atoms with E-state index in [9.17, 15) is 4.79 Å². The predicted molar refractivity (Wildman–Crippen MR) is 76.1 cm³/mol. The zero-order valence-electron chi connectivity index (χ0n) is 11.9. The van der Waals surface area contributed by atoms with Crippen molar-refractivity contribution in [2.75, 3.05) is 13.7 Å². The summed E-state index contributed by atoms with van der Waals surface area (Å²) in [6.07, 6.45) is 2.38. The van der Waals surface area contributed by atoms with Crippen molar-refractivity contribution in [2.24, 2.45) is 7.05 Å². The molecule has 112 valence electrons. The Morgan fingerprint density at radius 2 is 2.38 bits per heavy atom. The van der Waals surface area contributed by atoms with E-state index in [0.717, 1.165) is 11.5 Å². The molecule has 1 amide bonds. The summed E-state index contributed by atoms with van der Waals surface area (Å²) >= 11 is 5.94. The molecular weight excluding hydrogens is 294 g/mol. The molecule has 0 atom stereocenters. The van der Waals surface area contributed by atoms with E-state index in [0.29, 0.717) is 42.7 Å². The van der Waals surface area contributed by atoms with Crippen molar-refractivity contribution in [1.82, 2.24) is 14.5 Å². The Morgan fingerprint density at radius 3 is 3.05 bits per heavy atom. The van der Waals surface area contributed by atoms with Gasteiger partial charge in [0.2, 0.25) is 5.89 Å². The van der Waals surface area contributed by atoms with Gasteiger partial charge >= 0.3 is 0 Å². The topological polar surface area (TPSA) is 60.5 Å². The molecule has 2 aromatic heterocycles. The zero-order chi connectivity index (χ0) is 15.0. The number of aromatic nitrogens is 2. The number of nitrogens with zero attached hydrogens (tertiary/aromatic N) is 3. The zero-order valence-corrected chi connectivity index (χ0v) is 12.7. The Labute approximate surface area is 127 Å². The Kier molecular flexibility index (Phi) is 3.73. The minimum atomic E-state index is -0.0497. The summed E-state index contributed by atoms with van der Waals surface area (Å²) in [5.41, 5.74) is 1.38. The largest absolute Gasteiger partial charge is 0.443 e.